The highest BCUT2D eigenvalue weighted by Crippen LogP contribution is 2.37. The lowest BCUT2D eigenvalue weighted by atomic mass is 9.71. The molecule has 0 radical (unpaired) electrons. The molecule has 2 rings (SSSR count). The van der Waals surface area contributed by atoms with Crippen molar-refractivity contribution >= 4 is 17.1 Å². The van der Waals surface area contributed by atoms with Crippen LogP contribution in [0.3, 0.4) is 0 Å². The van der Waals surface area contributed by atoms with Crippen molar-refractivity contribution in [2.24, 2.45) is 11.3 Å². The summed E-state index contributed by atoms with van der Waals surface area (Å²) in [6, 6.07) is 0. The number of hydrogen-bond acceptors (Lipinski definition) is 4. The summed E-state index contributed by atoms with van der Waals surface area (Å²) in [6.45, 7) is 6.24. The summed E-state index contributed by atoms with van der Waals surface area (Å²) >= 11 is 1.62. The van der Waals surface area contributed by atoms with E-state index in [0.29, 0.717) is 11.2 Å². The van der Waals surface area contributed by atoms with E-state index in [1.807, 2.05) is 5.51 Å². The minimum Gasteiger partial charge on any atom is -0.300 e. The maximum atomic E-state index is 12.0. The van der Waals surface area contributed by atoms with Gasteiger partial charge >= 0.3 is 0 Å². The topological polar surface area (TPSA) is 33.2 Å². The molecule has 0 saturated heterocycles. The van der Waals surface area contributed by atoms with Gasteiger partial charge in [-0.05, 0) is 25.3 Å². The Morgan fingerprint density at radius 3 is 3.00 bits per heavy atom. The number of hydrogen-bond donors (Lipinski definition) is 0. The predicted octanol–water partition coefficient (Wildman–Crippen LogP) is 2.97. The molecular weight excluding hydrogens is 244 g/mol. The van der Waals surface area contributed by atoms with Gasteiger partial charge in [0.1, 0.15) is 5.78 Å². The molecule has 1 saturated carbocycles. The van der Waals surface area contributed by atoms with E-state index >= 15 is 0 Å². The molecule has 1 fully saturated rings. The average Bonchev–Trinajstić information content (AvgIpc) is 2.76. The van der Waals surface area contributed by atoms with Crippen LogP contribution in [0, 0.1) is 11.3 Å². The summed E-state index contributed by atoms with van der Waals surface area (Å²) in [5, 5.41) is 2.07. The lowest BCUT2D eigenvalue weighted by Gasteiger charge is -2.35. The van der Waals surface area contributed by atoms with E-state index in [2.05, 4.69) is 36.2 Å². The van der Waals surface area contributed by atoms with Crippen molar-refractivity contribution in [3.63, 3.8) is 0 Å². The molecule has 1 aliphatic rings. The highest BCUT2D eigenvalue weighted by atomic mass is 32.1. The van der Waals surface area contributed by atoms with Gasteiger partial charge in [0.05, 0.1) is 11.2 Å². The van der Waals surface area contributed by atoms with Crippen LogP contribution < -0.4 is 0 Å². The SMILES string of the molecule is CN(Cc1cscn1)CC1CC(C)(C)CCC1=O. The summed E-state index contributed by atoms with van der Waals surface area (Å²) in [5.41, 5.74) is 3.28. The summed E-state index contributed by atoms with van der Waals surface area (Å²) in [4.78, 5) is 18.5. The second-order valence-corrected chi connectivity index (χ2v) is 6.93. The van der Waals surface area contributed by atoms with Crippen LogP contribution in [-0.4, -0.2) is 29.3 Å². The first-order valence-corrected chi connectivity index (χ1v) is 7.49. The molecular formula is C14H22N2OS. The molecule has 1 atom stereocenters. The molecule has 1 aromatic rings. The standard InChI is InChI=1S/C14H22N2OS/c1-14(2)5-4-13(17)11(6-14)7-16(3)8-12-9-18-10-15-12/h9-11H,4-8H2,1-3H3. The van der Waals surface area contributed by atoms with Gasteiger partial charge in [-0.15, -0.1) is 11.3 Å². The van der Waals surface area contributed by atoms with Crippen LogP contribution in [0.15, 0.2) is 10.9 Å². The highest BCUT2D eigenvalue weighted by molar-refractivity contribution is 7.07. The van der Waals surface area contributed by atoms with Gasteiger partial charge in [-0.1, -0.05) is 13.8 Å². The molecule has 0 aromatic carbocycles. The smallest absolute Gasteiger partial charge is 0.137 e. The van der Waals surface area contributed by atoms with Crippen LogP contribution in [0.25, 0.3) is 0 Å². The first-order valence-electron chi connectivity index (χ1n) is 6.55. The summed E-state index contributed by atoms with van der Waals surface area (Å²) < 4.78 is 0. The fourth-order valence-electron chi connectivity index (χ4n) is 2.75. The van der Waals surface area contributed by atoms with Crippen molar-refractivity contribution < 1.29 is 4.79 Å². The van der Waals surface area contributed by atoms with Crippen LogP contribution in [0.5, 0.6) is 0 Å². The minimum atomic E-state index is 0.206. The molecule has 0 aliphatic heterocycles. The van der Waals surface area contributed by atoms with Gasteiger partial charge < -0.3 is 0 Å². The van der Waals surface area contributed by atoms with Crippen molar-refractivity contribution in [3.8, 4) is 0 Å². The van der Waals surface area contributed by atoms with E-state index in [1.54, 1.807) is 11.3 Å². The Hall–Kier alpha value is -0.740. The van der Waals surface area contributed by atoms with E-state index in [4.69, 9.17) is 0 Å². The van der Waals surface area contributed by atoms with Crippen molar-refractivity contribution in [3.05, 3.63) is 16.6 Å². The van der Waals surface area contributed by atoms with Gasteiger partial charge in [0.25, 0.3) is 0 Å². The molecule has 0 amide bonds. The number of carbonyl (C=O) groups is 1. The van der Waals surface area contributed by atoms with Crippen LogP contribution >= 0.6 is 11.3 Å². The molecule has 100 valence electrons. The highest BCUT2D eigenvalue weighted by Gasteiger charge is 2.33. The van der Waals surface area contributed by atoms with Gasteiger partial charge in [0.15, 0.2) is 0 Å². The molecule has 1 unspecified atom stereocenters. The molecule has 18 heavy (non-hydrogen) atoms. The largest absolute Gasteiger partial charge is 0.300 e. The average molecular weight is 266 g/mol. The lowest BCUT2D eigenvalue weighted by Crippen LogP contribution is -2.37. The fraction of sp³-hybridized carbons (Fsp3) is 0.714. The van der Waals surface area contributed by atoms with Crippen LogP contribution in [0.2, 0.25) is 0 Å². The molecule has 0 spiro atoms. The zero-order valence-electron chi connectivity index (χ0n) is 11.5. The first kappa shape index (κ1) is 13.7. The quantitative estimate of drug-likeness (QED) is 0.840. The van der Waals surface area contributed by atoms with Crippen molar-refractivity contribution in [1.29, 1.82) is 0 Å². The Labute approximate surface area is 113 Å². The maximum Gasteiger partial charge on any atom is 0.137 e. The van der Waals surface area contributed by atoms with E-state index < -0.39 is 0 Å². The Bertz CT molecular complexity index is 400. The minimum absolute atomic E-state index is 0.206. The third-order valence-corrected chi connectivity index (χ3v) is 4.39. The Kier molecular flexibility index (Phi) is 4.17. The monoisotopic (exact) mass is 266 g/mol. The third kappa shape index (κ3) is 3.62. The Morgan fingerprint density at radius 1 is 1.56 bits per heavy atom. The van der Waals surface area contributed by atoms with E-state index in [1.165, 1.54) is 0 Å². The zero-order valence-corrected chi connectivity index (χ0v) is 12.3. The first-order chi connectivity index (χ1) is 8.46. The number of nitrogens with zero attached hydrogens (tertiary/aromatic N) is 2. The van der Waals surface area contributed by atoms with Crippen LogP contribution in [0.1, 0.15) is 38.8 Å². The van der Waals surface area contributed by atoms with Gasteiger partial charge in [0.2, 0.25) is 0 Å². The second-order valence-electron chi connectivity index (χ2n) is 6.21. The van der Waals surface area contributed by atoms with Gasteiger partial charge in [0, 0.05) is 30.8 Å². The zero-order chi connectivity index (χ0) is 13.2. The van der Waals surface area contributed by atoms with Gasteiger partial charge in [-0.25, -0.2) is 4.98 Å². The number of ketones is 1. The third-order valence-electron chi connectivity index (χ3n) is 3.75. The van der Waals surface area contributed by atoms with Crippen molar-refractivity contribution in [2.75, 3.05) is 13.6 Å². The Balaban J connectivity index is 1.89. The van der Waals surface area contributed by atoms with Crippen molar-refractivity contribution in [2.45, 2.75) is 39.7 Å². The molecule has 1 aromatic heterocycles. The van der Waals surface area contributed by atoms with Gasteiger partial charge in [-0.2, -0.15) is 0 Å². The molecule has 0 bridgehead atoms. The number of rotatable bonds is 4. The van der Waals surface area contributed by atoms with E-state index in [0.717, 1.165) is 38.0 Å². The molecule has 1 heterocycles. The second kappa shape index (κ2) is 5.49. The molecule has 4 heteroatoms. The normalized spacial score (nSPS) is 23.6. The van der Waals surface area contributed by atoms with Crippen molar-refractivity contribution in [1.82, 2.24) is 9.88 Å². The number of thiazole rings is 1. The summed E-state index contributed by atoms with van der Waals surface area (Å²) in [5.74, 6) is 0.650. The van der Waals surface area contributed by atoms with Gasteiger partial charge in [-0.3, -0.25) is 9.69 Å². The number of aromatic nitrogens is 1. The van der Waals surface area contributed by atoms with E-state index in [-0.39, 0.29) is 5.92 Å². The summed E-state index contributed by atoms with van der Waals surface area (Å²) in [6.07, 6.45) is 2.81. The van der Waals surface area contributed by atoms with Crippen LogP contribution in [0.4, 0.5) is 0 Å². The molecule has 0 N–H and O–H groups in total. The fourth-order valence-corrected chi connectivity index (χ4v) is 3.30. The maximum absolute atomic E-state index is 12.0. The number of carbonyl (C=O) groups excluding carboxylic acids is 1. The van der Waals surface area contributed by atoms with Crippen LogP contribution in [-0.2, 0) is 11.3 Å². The Morgan fingerprint density at radius 2 is 2.33 bits per heavy atom. The number of Topliss-reactive ketones (excluding diaryl/α,β-unsaturated/α-hetero) is 1. The van der Waals surface area contributed by atoms with E-state index in [9.17, 15) is 4.79 Å². The molecule has 3 nitrogen and oxygen atoms in total. The molecule has 1 aliphatic carbocycles. The predicted molar refractivity (Wildman–Crippen MR) is 74.6 cm³/mol. The summed E-state index contributed by atoms with van der Waals surface area (Å²) in [7, 11) is 2.08. The lowest BCUT2D eigenvalue weighted by molar-refractivity contribution is -0.127.